The van der Waals surface area contributed by atoms with Crippen LogP contribution in [0.2, 0.25) is 0 Å². The number of benzene rings is 1. The maximum atomic E-state index is 12.2. The summed E-state index contributed by atoms with van der Waals surface area (Å²) in [6.07, 6.45) is 0.812. The van der Waals surface area contributed by atoms with Crippen LogP contribution in [0, 0.1) is 5.92 Å². The molecule has 0 saturated carbocycles. The first-order valence-corrected chi connectivity index (χ1v) is 9.57. The largest absolute Gasteiger partial charge is 0.379 e. The molecule has 0 aliphatic carbocycles. The molecule has 0 bridgehead atoms. The molecule has 7 nitrogen and oxygen atoms in total. The van der Waals surface area contributed by atoms with Gasteiger partial charge in [-0.2, -0.15) is 0 Å². The van der Waals surface area contributed by atoms with Crippen molar-refractivity contribution in [3.8, 4) is 0 Å². The number of hydrogen-bond donors (Lipinski definition) is 2. The van der Waals surface area contributed by atoms with Crippen LogP contribution in [0.1, 0.15) is 12.5 Å². The van der Waals surface area contributed by atoms with Crippen molar-refractivity contribution in [3.63, 3.8) is 0 Å². The number of aryl methyl sites for hydroxylation is 1. The maximum absolute atomic E-state index is 12.2. The van der Waals surface area contributed by atoms with Gasteiger partial charge in [-0.25, -0.2) is 17.5 Å². The van der Waals surface area contributed by atoms with Crippen molar-refractivity contribution in [2.45, 2.75) is 19.4 Å². The van der Waals surface area contributed by atoms with E-state index in [1.54, 1.807) is 0 Å². The third kappa shape index (κ3) is 4.68. The molecule has 1 aliphatic heterocycles. The summed E-state index contributed by atoms with van der Waals surface area (Å²) in [5, 5.41) is 5.66. The van der Waals surface area contributed by atoms with E-state index >= 15 is 0 Å². The van der Waals surface area contributed by atoms with E-state index in [2.05, 4.69) is 10.6 Å². The molecule has 2 N–H and O–H groups in total. The third-order valence-corrected chi connectivity index (χ3v) is 6.10. The highest BCUT2D eigenvalue weighted by molar-refractivity contribution is 7.89. The Bertz CT molecular complexity index is 676. The zero-order valence-corrected chi connectivity index (χ0v) is 15.1. The van der Waals surface area contributed by atoms with Crippen LogP contribution in [0.15, 0.2) is 24.3 Å². The van der Waals surface area contributed by atoms with E-state index < -0.39 is 10.0 Å². The van der Waals surface area contributed by atoms with Gasteiger partial charge in [-0.1, -0.05) is 25.1 Å². The predicted molar refractivity (Wildman–Crippen MR) is 93.5 cm³/mol. The second kappa shape index (κ2) is 7.96. The highest BCUT2D eigenvalue weighted by Crippen LogP contribution is 2.18. The number of ether oxygens (including phenoxy) is 1. The number of nitrogens with one attached hydrogen (secondary N) is 2. The Morgan fingerprint density at radius 2 is 2.00 bits per heavy atom. The number of carbonyl (C=O) groups excluding carboxylic acids is 1. The Labute approximate surface area is 143 Å². The van der Waals surface area contributed by atoms with Gasteiger partial charge in [0.25, 0.3) is 0 Å². The normalized spacial score (nSPS) is 21.0. The summed E-state index contributed by atoms with van der Waals surface area (Å²) < 4.78 is 30.6. The van der Waals surface area contributed by atoms with E-state index in [0.29, 0.717) is 13.2 Å². The van der Waals surface area contributed by atoms with Gasteiger partial charge in [-0.05, 0) is 18.1 Å². The second-order valence-electron chi connectivity index (χ2n) is 6.07. The fraction of sp³-hybridized carbons (Fsp3) is 0.562. The van der Waals surface area contributed by atoms with Crippen molar-refractivity contribution in [1.29, 1.82) is 0 Å². The summed E-state index contributed by atoms with van der Waals surface area (Å²) in [6.45, 7) is 2.66. The Hall–Kier alpha value is -1.64. The number of para-hydroxylation sites is 1. The first-order valence-electron chi connectivity index (χ1n) is 7.97. The molecular weight excluding hydrogens is 330 g/mol. The first kappa shape index (κ1) is 18.7. The van der Waals surface area contributed by atoms with Crippen molar-refractivity contribution in [2.75, 3.05) is 38.4 Å². The molecule has 134 valence electrons. The SMILES string of the molecule is CCc1ccccc1NC(=O)N[C@H]1COC[C@H]1CS(=O)(=O)N(C)C. The summed E-state index contributed by atoms with van der Waals surface area (Å²) in [5.74, 6) is -0.305. The molecule has 1 heterocycles. The van der Waals surface area contributed by atoms with Crippen LogP contribution in [0.3, 0.4) is 0 Å². The number of carbonyl (C=O) groups is 1. The van der Waals surface area contributed by atoms with E-state index in [4.69, 9.17) is 4.74 Å². The molecule has 0 radical (unpaired) electrons. The molecule has 1 aliphatic rings. The summed E-state index contributed by atoms with van der Waals surface area (Å²) in [5.41, 5.74) is 1.80. The molecule has 1 saturated heterocycles. The quantitative estimate of drug-likeness (QED) is 0.805. The van der Waals surface area contributed by atoms with Crippen molar-refractivity contribution in [2.24, 2.45) is 5.92 Å². The molecular formula is C16H25N3O4S. The van der Waals surface area contributed by atoms with Gasteiger partial charge in [0, 0.05) is 25.7 Å². The molecule has 0 aromatic heterocycles. The highest BCUT2D eigenvalue weighted by Gasteiger charge is 2.34. The van der Waals surface area contributed by atoms with E-state index in [1.165, 1.54) is 18.4 Å². The van der Waals surface area contributed by atoms with Crippen molar-refractivity contribution < 1.29 is 17.9 Å². The van der Waals surface area contributed by atoms with Gasteiger partial charge in [0.2, 0.25) is 10.0 Å². The second-order valence-corrected chi connectivity index (χ2v) is 8.30. The third-order valence-electron chi connectivity index (χ3n) is 4.14. The lowest BCUT2D eigenvalue weighted by molar-refractivity contribution is 0.184. The molecule has 1 fully saturated rings. The zero-order valence-electron chi connectivity index (χ0n) is 14.3. The van der Waals surface area contributed by atoms with E-state index in [-0.39, 0.29) is 23.7 Å². The average Bonchev–Trinajstić information content (AvgIpc) is 2.93. The molecule has 0 spiro atoms. The van der Waals surface area contributed by atoms with Crippen LogP contribution in [-0.2, 0) is 21.2 Å². The fourth-order valence-corrected chi connectivity index (χ4v) is 3.79. The minimum Gasteiger partial charge on any atom is -0.379 e. The number of urea groups is 1. The molecule has 24 heavy (non-hydrogen) atoms. The molecule has 8 heteroatoms. The smallest absolute Gasteiger partial charge is 0.319 e. The van der Waals surface area contributed by atoms with Gasteiger partial charge < -0.3 is 15.4 Å². The maximum Gasteiger partial charge on any atom is 0.319 e. The molecule has 2 atom stereocenters. The van der Waals surface area contributed by atoms with Crippen LogP contribution >= 0.6 is 0 Å². The van der Waals surface area contributed by atoms with E-state index in [0.717, 1.165) is 17.7 Å². The van der Waals surface area contributed by atoms with Crippen LogP contribution in [-0.4, -0.2) is 57.9 Å². The van der Waals surface area contributed by atoms with Crippen LogP contribution < -0.4 is 10.6 Å². The first-order chi connectivity index (χ1) is 11.3. The van der Waals surface area contributed by atoms with E-state index in [1.807, 2.05) is 31.2 Å². The van der Waals surface area contributed by atoms with Crippen molar-refractivity contribution >= 4 is 21.7 Å². The number of amides is 2. The lowest BCUT2D eigenvalue weighted by Crippen LogP contribution is -2.45. The Balaban J connectivity index is 1.98. The molecule has 2 rings (SSSR count). The average molecular weight is 355 g/mol. The van der Waals surface area contributed by atoms with Gasteiger partial charge in [0.1, 0.15) is 0 Å². The molecule has 1 aromatic carbocycles. The monoisotopic (exact) mass is 355 g/mol. The van der Waals surface area contributed by atoms with Gasteiger partial charge in [-0.3, -0.25) is 0 Å². The number of nitrogens with zero attached hydrogens (tertiary/aromatic N) is 1. The number of sulfonamides is 1. The minimum atomic E-state index is -3.34. The van der Waals surface area contributed by atoms with Gasteiger partial charge >= 0.3 is 6.03 Å². The Morgan fingerprint density at radius 1 is 1.29 bits per heavy atom. The summed E-state index contributed by atoms with van der Waals surface area (Å²) in [7, 11) is -0.334. The van der Waals surface area contributed by atoms with Crippen LogP contribution in [0.4, 0.5) is 10.5 Å². The summed E-state index contributed by atoms with van der Waals surface area (Å²) >= 11 is 0. The fourth-order valence-electron chi connectivity index (χ4n) is 2.62. The number of hydrogen-bond acceptors (Lipinski definition) is 4. The standard InChI is InChI=1S/C16H25N3O4S/c1-4-12-7-5-6-8-14(12)17-16(20)18-15-10-23-9-13(15)11-24(21,22)19(2)3/h5-8,13,15H,4,9-11H2,1-3H3,(H2,17,18,20)/t13-,15-/m0/s1. The van der Waals surface area contributed by atoms with Crippen LogP contribution in [0.25, 0.3) is 0 Å². The predicted octanol–water partition coefficient (Wildman–Crippen LogP) is 1.28. The Morgan fingerprint density at radius 3 is 2.67 bits per heavy atom. The van der Waals surface area contributed by atoms with Crippen LogP contribution in [0.5, 0.6) is 0 Å². The number of rotatable bonds is 6. The molecule has 2 amide bonds. The number of anilines is 1. The zero-order chi connectivity index (χ0) is 17.7. The molecule has 0 unspecified atom stereocenters. The lowest BCUT2D eigenvalue weighted by atomic mass is 10.1. The highest BCUT2D eigenvalue weighted by atomic mass is 32.2. The van der Waals surface area contributed by atoms with Crippen molar-refractivity contribution in [3.05, 3.63) is 29.8 Å². The van der Waals surface area contributed by atoms with E-state index in [9.17, 15) is 13.2 Å². The topological polar surface area (TPSA) is 87.7 Å². The lowest BCUT2D eigenvalue weighted by Gasteiger charge is -2.21. The van der Waals surface area contributed by atoms with Gasteiger partial charge in [0.15, 0.2) is 0 Å². The van der Waals surface area contributed by atoms with Gasteiger partial charge in [-0.15, -0.1) is 0 Å². The molecule has 1 aromatic rings. The summed E-state index contributed by atoms with van der Waals surface area (Å²) in [6, 6.07) is 6.92. The Kier molecular flexibility index (Phi) is 6.20. The van der Waals surface area contributed by atoms with Gasteiger partial charge in [0.05, 0.1) is 25.0 Å². The van der Waals surface area contributed by atoms with Crippen molar-refractivity contribution in [1.82, 2.24) is 9.62 Å². The summed E-state index contributed by atoms with van der Waals surface area (Å²) in [4.78, 5) is 12.2. The minimum absolute atomic E-state index is 0.0451.